The number of amides is 1. The molecule has 1 aliphatic heterocycles. The monoisotopic (exact) mass is 417 g/mol. The first-order valence-corrected chi connectivity index (χ1v) is 11.4. The maximum absolute atomic E-state index is 13.3. The first kappa shape index (κ1) is 21.5. The van der Waals surface area contributed by atoms with Gasteiger partial charge in [-0.3, -0.25) is 10.0 Å². The van der Waals surface area contributed by atoms with Crippen molar-refractivity contribution in [3.05, 3.63) is 54.1 Å². The SMILES string of the molecule is CCCCc1ccc(-c2ccc(S(=O)(=O)C3(C(=O)NO)CCOCC3)cc2)cc1. The summed E-state index contributed by atoms with van der Waals surface area (Å²) in [5.41, 5.74) is 4.72. The summed E-state index contributed by atoms with van der Waals surface area (Å²) in [5.74, 6) is -0.910. The highest BCUT2D eigenvalue weighted by Gasteiger charge is 2.52. The Balaban J connectivity index is 1.87. The van der Waals surface area contributed by atoms with Gasteiger partial charge in [0, 0.05) is 13.2 Å². The lowest BCUT2D eigenvalue weighted by Gasteiger charge is -2.34. The van der Waals surface area contributed by atoms with Crippen molar-refractivity contribution in [1.82, 2.24) is 5.48 Å². The zero-order valence-electron chi connectivity index (χ0n) is 16.6. The van der Waals surface area contributed by atoms with E-state index >= 15 is 0 Å². The smallest absolute Gasteiger partial charge is 0.265 e. The molecule has 1 aliphatic rings. The quantitative estimate of drug-likeness (QED) is 0.531. The second-order valence-corrected chi connectivity index (χ2v) is 9.64. The van der Waals surface area contributed by atoms with Crippen LogP contribution in [0.1, 0.15) is 38.2 Å². The summed E-state index contributed by atoms with van der Waals surface area (Å²) >= 11 is 0. The largest absolute Gasteiger partial charge is 0.381 e. The molecule has 29 heavy (non-hydrogen) atoms. The van der Waals surface area contributed by atoms with Gasteiger partial charge in [0.05, 0.1) is 4.90 Å². The van der Waals surface area contributed by atoms with Crippen LogP contribution in [0.25, 0.3) is 11.1 Å². The van der Waals surface area contributed by atoms with Gasteiger partial charge in [0.25, 0.3) is 5.91 Å². The Kier molecular flexibility index (Phi) is 6.72. The highest BCUT2D eigenvalue weighted by molar-refractivity contribution is 7.93. The number of benzene rings is 2. The summed E-state index contributed by atoms with van der Waals surface area (Å²) in [6, 6.07) is 14.8. The molecule has 1 saturated heterocycles. The predicted octanol–water partition coefficient (Wildman–Crippen LogP) is 3.52. The van der Waals surface area contributed by atoms with Crippen LogP contribution in [0.5, 0.6) is 0 Å². The van der Waals surface area contributed by atoms with E-state index in [1.165, 1.54) is 23.2 Å². The molecule has 2 aromatic rings. The van der Waals surface area contributed by atoms with Gasteiger partial charge in [-0.05, 0) is 54.5 Å². The number of aryl methyl sites for hydroxylation is 1. The molecule has 0 unspecified atom stereocenters. The molecule has 0 atom stereocenters. The molecule has 1 heterocycles. The van der Waals surface area contributed by atoms with E-state index in [4.69, 9.17) is 9.94 Å². The van der Waals surface area contributed by atoms with Crippen molar-refractivity contribution in [3.8, 4) is 11.1 Å². The van der Waals surface area contributed by atoms with E-state index in [9.17, 15) is 13.2 Å². The molecule has 0 aromatic heterocycles. The third-order valence-corrected chi connectivity index (χ3v) is 8.12. The summed E-state index contributed by atoms with van der Waals surface area (Å²) in [7, 11) is -4.00. The van der Waals surface area contributed by atoms with Crippen LogP contribution >= 0.6 is 0 Å². The fourth-order valence-electron chi connectivity index (χ4n) is 3.72. The summed E-state index contributed by atoms with van der Waals surface area (Å²) in [4.78, 5) is 12.4. The van der Waals surface area contributed by atoms with E-state index in [0.29, 0.717) is 0 Å². The Morgan fingerprint density at radius 3 is 2.10 bits per heavy atom. The summed E-state index contributed by atoms with van der Waals surface area (Å²) < 4.78 is 30.1. The third-order valence-electron chi connectivity index (χ3n) is 5.60. The molecule has 2 aromatic carbocycles. The summed E-state index contributed by atoms with van der Waals surface area (Å²) in [6.07, 6.45) is 3.36. The fourth-order valence-corrected chi connectivity index (χ4v) is 5.66. The molecule has 0 aliphatic carbocycles. The molecular weight excluding hydrogens is 390 g/mol. The Morgan fingerprint density at radius 1 is 1.03 bits per heavy atom. The van der Waals surface area contributed by atoms with Crippen molar-refractivity contribution in [1.29, 1.82) is 0 Å². The van der Waals surface area contributed by atoms with Crippen molar-refractivity contribution in [2.24, 2.45) is 0 Å². The molecule has 0 spiro atoms. The van der Waals surface area contributed by atoms with Crippen LogP contribution in [0.15, 0.2) is 53.4 Å². The molecule has 0 bridgehead atoms. The zero-order chi connectivity index (χ0) is 20.9. The van der Waals surface area contributed by atoms with Crippen LogP contribution in [0, 0.1) is 0 Å². The number of unbranched alkanes of at least 4 members (excludes halogenated alkanes) is 1. The molecule has 0 radical (unpaired) electrons. The Bertz CT molecular complexity index is 930. The lowest BCUT2D eigenvalue weighted by atomic mass is 9.98. The minimum absolute atomic E-state index is 0.00268. The maximum atomic E-state index is 13.3. The van der Waals surface area contributed by atoms with Crippen LogP contribution in [-0.2, 0) is 25.8 Å². The fraction of sp³-hybridized carbons (Fsp3) is 0.409. The lowest BCUT2D eigenvalue weighted by molar-refractivity contribution is -0.134. The first-order valence-electron chi connectivity index (χ1n) is 9.91. The van der Waals surface area contributed by atoms with Crippen LogP contribution in [-0.4, -0.2) is 37.5 Å². The van der Waals surface area contributed by atoms with Crippen LogP contribution < -0.4 is 5.48 Å². The number of ether oxygens (including phenoxy) is 1. The zero-order valence-corrected chi connectivity index (χ0v) is 17.4. The van der Waals surface area contributed by atoms with Crippen molar-refractivity contribution in [2.45, 2.75) is 48.7 Å². The van der Waals surface area contributed by atoms with E-state index in [1.54, 1.807) is 12.1 Å². The number of carbonyl (C=O) groups excluding carboxylic acids is 1. The van der Waals surface area contributed by atoms with Gasteiger partial charge in [-0.25, -0.2) is 13.9 Å². The van der Waals surface area contributed by atoms with E-state index in [0.717, 1.165) is 30.4 Å². The normalized spacial score (nSPS) is 16.3. The van der Waals surface area contributed by atoms with Crippen molar-refractivity contribution in [2.75, 3.05) is 13.2 Å². The lowest BCUT2D eigenvalue weighted by Crippen LogP contribution is -2.54. The highest BCUT2D eigenvalue weighted by Crippen LogP contribution is 2.36. The van der Waals surface area contributed by atoms with Crippen molar-refractivity contribution >= 4 is 15.7 Å². The summed E-state index contributed by atoms with van der Waals surface area (Å²) in [6.45, 7) is 2.46. The number of hydrogen-bond acceptors (Lipinski definition) is 5. The molecule has 3 rings (SSSR count). The van der Waals surface area contributed by atoms with Gasteiger partial charge >= 0.3 is 0 Å². The minimum atomic E-state index is -4.00. The van der Waals surface area contributed by atoms with Gasteiger partial charge in [0.1, 0.15) is 0 Å². The first-order chi connectivity index (χ1) is 13.9. The second kappa shape index (κ2) is 9.07. The third kappa shape index (κ3) is 4.22. The number of carbonyl (C=O) groups is 1. The molecule has 0 saturated carbocycles. The van der Waals surface area contributed by atoms with Gasteiger partial charge in [0.15, 0.2) is 14.6 Å². The van der Waals surface area contributed by atoms with E-state index < -0.39 is 20.5 Å². The van der Waals surface area contributed by atoms with Gasteiger partial charge in [-0.2, -0.15) is 0 Å². The number of hydroxylamine groups is 1. The van der Waals surface area contributed by atoms with Crippen LogP contribution in [0.3, 0.4) is 0 Å². The van der Waals surface area contributed by atoms with Crippen molar-refractivity contribution < 1.29 is 23.2 Å². The average molecular weight is 418 g/mol. The number of sulfone groups is 1. The second-order valence-electron chi connectivity index (χ2n) is 7.38. The van der Waals surface area contributed by atoms with E-state index in [2.05, 4.69) is 19.1 Å². The molecule has 156 valence electrons. The average Bonchev–Trinajstić information content (AvgIpc) is 2.78. The number of rotatable bonds is 7. The summed E-state index contributed by atoms with van der Waals surface area (Å²) in [5, 5.41) is 9.13. The van der Waals surface area contributed by atoms with E-state index in [-0.39, 0.29) is 31.0 Å². The minimum Gasteiger partial charge on any atom is -0.381 e. The molecule has 1 amide bonds. The maximum Gasteiger partial charge on any atom is 0.265 e. The molecule has 6 nitrogen and oxygen atoms in total. The Hall–Kier alpha value is -2.22. The van der Waals surface area contributed by atoms with Gasteiger partial charge in [-0.15, -0.1) is 0 Å². The molecule has 2 N–H and O–H groups in total. The number of hydrogen-bond donors (Lipinski definition) is 2. The Morgan fingerprint density at radius 2 is 1.59 bits per heavy atom. The molecule has 7 heteroatoms. The van der Waals surface area contributed by atoms with Gasteiger partial charge in [0.2, 0.25) is 0 Å². The topological polar surface area (TPSA) is 92.7 Å². The standard InChI is InChI=1S/C22H27NO5S/c1-2-3-4-17-5-7-18(8-6-17)19-9-11-20(12-10-19)29(26,27)22(21(24)23-25)13-15-28-16-14-22/h5-12,25H,2-4,13-16H2,1H3,(H,23,24). The van der Waals surface area contributed by atoms with Crippen molar-refractivity contribution in [3.63, 3.8) is 0 Å². The highest BCUT2D eigenvalue weighted by atomic mass is 32.2. The van der Waals surface area contributed by atoms with Gasteiger partial charge < -0.3 is 4.74 Å². The predicted molar refractivity (Wildman–Crippen MR) is 110 cm³/mol. The van der Waals surface area contributed by atoms with Crippen LogP contribution in [0.2, 0.25) is 0 Å². The number of nitrogens with one attached hydrogen (secondary N) is 1. The van der Waals surface area contributed by atoms with Crippen LogP contribution in [0.4, 0.5) is 0 Å². The van der Waals surface area contributed by atoms with E-state index in [1.807, 2.05) is 12.1 Å². The molecular formula is C22H27NO5S. The van der Waals surface area contributed by atoms with Gasteiger partial charge in [-0.1, -0.05) is 49.7 Å². The molecule has 1 fully saturated rings. The Labute approximate surface area is 171 Å².